The number of hydrogen-bond donors (Lipinski definition) is 0. The van der Waals surface area contributed by atoms with Crippen LogP contribution in [0.25, 0.3) is 11.3 Å². The van der Waals surface area contributed by atoms with Crippen molar-refractivity contribution in [2.24, 2.45) is 0 Å². The molecule has 1 heterocycles. The van der Waals surface area contributed by atoms with Crippen LogP contribution in [0.2, 0.25) is 0 Å². The van der Waals surface area contributed by atoms with Crippen molar-refractivity contribution < 1.29 is 4.42 Å². The molecule has 2 heteroatoms. The van der Waals surface area contributed by atoms with Gasteiger partial charge in [-0.2, -0.15) is 0 Å². The largest absolute Gasteiger partial charge is 0.451 e. The first-order chi connectivity index (χ1) is 6.27. The van der Waals surface area contributed by atoms with Gasteiger partial charge in [0.2, 0.25) is 0 Å². The van der Waals surface area contributed by atoms with Crippen LogP contribution < -0.4 is 0 Å². The van der Waals surface area contributed by atoms with Crippen molar-refractivity contribution in [3.8, 4) is 11.3 Å². The molecular formula is C11H11NO. The molecule has 0 radical (unpaired) electrons. The molecule has 0 unspecified atom stereocenters. The van der Waals surface area contributed by atoms with Crippen LogP contribution in [0.15, 0.2) is 35.3 Å². The highest BCUT2D eigenvalue weighted by atomic mass is 16.3. The van der Waals surface area contributed by atoms with Gasteiger partial charge in [0.1, 0.15) is 12.0 Å². The van der Waals surface area contributed by atoms with Crippen LogP contribution in [0, 0.1) is 13.8 Å². The van der Waals surface area contributed by atoms with Crippen LogP contribution >= 0.6 is 0 Å². The fourth-order valence-electron chi connectivity index (χ4n) is 1.45. The number of nitrogens with zero attached hydrogens (tertiary/aromatic N) is 1. The molecule has 0 spiro atoms. The summed E-state index contributed by atoms with van der Waals surface area (Å²) in [7, 11) is 0. The van der Waals surface area contributed by atoms with Gasteiger partial charge in [0.05, 0.1) is 0 Å². The Morgan fingerprint density at radius 2 is 2.08 bits per heavy atom. The first-order valence-corrected chi connectivity index (χ1v) is 4.23. The van der Waals surface area contributed by atoms with Crippen molar-refractivity contribution in [2.75, 3.05) is 0 Å². The van der Waals surface area contributed by atoms with Gasteiger partial charge in [-0.1, -0.05) is 23.8 Å². The first-order valence-electron chi connectivity index (χ1n) is 4.23. The molecule has 0 bridgehead atoms. The number of rotatable bonds is 1. The number of benzene rings is 1. The summed E-state index contributed by atoms with van der Waals surface area (Å²) in [6.45, 7) is 4.16. The van der Waals surface area contributed by atoms with Gasteiger partial charge in [0.25, 0.3) is 0 Å². The van der Waals surface area contributed by atoms with E-state index >= 15 is 0 Å². The van der Waals surface area contributed by atoms with Gasteiger partial charge < -0.3 is 4.42 Å². The highest BCUT2D eigenvalue weighted by Gasteiger charge is 2.03. The first kappa shape index (κ1) is 8.05. The van der Waals surface area contributed by atoms with E-state index in [1.165, 1.54) is 17.5 Å². The Hall–Kier alpha value is -1.57. The molecule has 0 amide bonds. The third-order valence-corrected chi connectivity index (χ3v) is 2.09. The normalized spacial score (nSPS) is 10.3. The third kappa shape index (κ3) is 1.47. The predicted octanol–water partition coefficient (Wildman–Crippen LogP) is 2.96. The molecule has 1 aromatic heterocycles. The zero-order valence-electron chi connectivity index (χ0n) is 7.74. The third-order valence-electron chi connectivity index (χ3n) is 2.09. The Bertz CT molecular complexity index is 404. The SMILES string of the molecule is Cc1ccc(-c2cocn2)c(C)c1. The Morgan fingerprint density at radius 1 is 1.23 bits per heavy atom. The number of hydrogen-bond acceptors (Lipinski definition) is 2. The zero-order chi connectivity index (χ0) is 9.26. The van der Waals surface area contributed by atoms with Gasteiger partial charge in [0.15, 0.2) is 6.39 Å². The number of aromatic nitrogens is 1. The van der Waals surface area contributed by atoms with Gasteiger partial charge in [0, 0.05) is 5.56 Å². The molecule has 0 aliphatic carbocycles. The van der Waals surface area contributed by atoms with Crippen LogP contribution in [0.5, 0.6) is 0 Å². The second-order valence-corrected chi connectivity index (χ2v) is 3.19. The molecule has 0 N–H and O–H groups in total. The van der Waals surface area contributed by atoms with E-state index in [1.54, 1.807) is 6.26 Å². The molecule has 2 rings (SSSR count). The average molecular weight is 173 g/mol. The van der Waals surface area contributed by atoms with Crippen LogP contribution in [-0.2, 0) is 0 Å². The van der Waals surface area contributed by atoms with Crippen LogP contribution in [0.1, 0.15) is 11.1 Å². The van der Waals surface area contributed by atoms with E-state index < -0.39 is 0 Å². The number of oxazole rings is 1. The minimum atomic E-state index is 0.900. The summed E-state index contributed by atoms with van der Waals surface area (Å²) in [6.07, 6.45) is 3.12. The van der Waals surface area contributed by atoms with E-state index in [1.807, 2.05) is 0 Å². The second kappa shape index (κ2) is 3.05. The fraction of sp³-hybridized carbons (Fsp3) is 0.182. The Labute approximate surface area is 77.2 Å². The molecule has 0 saturated carbocycles. The van der Waals surface area contributed by atoms with E-state index in [-0.39, 0.29) is 0 Å². The molecule has 0 aliphatic rings. The summed E-state index contributed by atoms with van der Waals surface area (Å²) in [5, 5.41) is 0. The van der Waals surface area contributed by atoms with Gasteiger partial charge in [-0.25, -0.2) is 4.98 Å². The van der Waals surface area contributed by atoms with Crippen molar-refractivity contribution in [3.05, 3.63) is 42.0 Å². The van der Waals surface area contributed by atoms with E-state index in [2.05, 4.69) is 37.0 Å². The fourth-order valence-corrected chi connectivity index (χ4v) is 1.45. The highest BCUT2D eigenvalue weighted by Crippen LogP contribution is 2.21. The summed E-state index contributed by atoms with van der Waals surface area (Å²) in [5.74, 6) is 0. The van der Waals surface area contributed by atoms with Crippen molar-refractivity contribution in [2.45, 2.75) is 13.8 Å². The molecule has 0 saturated heterocycles. The van der Waals surface area contributed by atoms with E-state index in [9.17, 15) is 0 Å². The maximum absolute atomic E-state index is 4.94. The van der Waals surface area contributed by atoms with Crippen molar-refractivity contribution >= 4 is 0 Å². The molecule has 2 aromatic rings. The summed E-state index contributed by atoms with van der Waals surface area (Å²) >= 11 is 0. The molecule has 0 aliphatic heterocycles. The molecule has 0 fully saturated rings. The smallest absolute Gasteiger partial charge is 0.181 e. The van der Waals surface area contributed by atoms with Crippen LogP contribution in [-0.4, -0.2) is 4.98 Å². The van der Waals surface area contributed by atoms with Crippen LogP contribution in [0.4, 0.5) is 0 Å². The molecule has 13 heavy (non-hydrogen) atoms. The van der Waals surface area contributed by atoms with Crippen LogP contribution in [0.3, 0.4) is 0 Å². The lowest BCUT2D eigenvalue weighted by Crippen LogP contribution is -1.83. The Kier molecular flexibility index (Phi) is 1.89. The van der Waals surface area contributed by atoms with Crippen molar-refractivity contribution in [3.63, 3.8) is 0 Å². The Morgan fingerprint density at radius 3 is 2.69 bits per heavy atom. The zero-order valence-corrected chi connectivity index (χ0v) is 7.74. The quantitative estimate of drug-likeness (QED) is 0.662. The maximum atomic E-state index is 4.94. The van der Waals surface area contributed by atoms with Crippen molar-refractivity contribution in [1.82, 2.24) is 4.98 Å². The van der Waals surface area contributed by atoms with Gasteiger partial charge in [-0.3, -0.25) is 0 Å². The Balaban J connectivity index is 2.53. The van der Waals surface area contributed by atoms with E-state index in [0.29, 0.717) is 0 Å². The van der Waals surface area contributed by atoms with Gasteiger partial charge >= 0.3 is 0 Å². The highest BCUT2D eigenvalue weighted by molar-refractivity contribution is 5.62. The minimum Gasteiger partial charge on any atom is -0.451 e. The molecule has 0 atom stereocenters. The van der Waals surface area contributed by atoms with Gasteiger partial charge in [-0.05, 0) is 19.4 Å². The van der Waals surface area contributed by atoms with Gasteiger partial charge in [-0.15, -0.1) is 0 Å². The average Bonchev–Trinajstić information content (AvgIpc) is 2.56. The standard InChI is InChI=1S/C11H11NO/c1-8-3-4-10(9(2)5-8)11-6-13-7-12-11/h3-7H,1-2H3. The second-order valence-electron chi connectivity index (χ2n) is 3.19. The topological polar surface area (TPSA) is 26.0 Å². The summed E-state index contributed by atoms with van der Waals surface area (Å²) in [4.78, 5) is 4.11. The summed E-state index contributed by atoms with van der Waals surface area (Å²) < 4.78 is 4.94. The lowest BCUT2D eigenvalue weighted by molar-refractivity contribution is 0.558. The van der Waals surface area contributed by atoms with Crippen molar-refractivity contribution in [1.29, 1.82) is 0 Å². The minimum absolute atomic E-state index is 0.900. The van der Waals surface area contributed by atoms with E-state index in [4.69, 9.17) is 4.42 Å². The maximum Gasteiger partial charge on any atom is 0.181 e. The summed E-state index contributed by atoms with van der Waals surface area (Å²) in [5.41, 5.74) is 4.54. The van der Waals surface area contributed by atoms with E-state index in [0.717, 1.165) is 11.3 Å². The molecular weight excluding hydrogens is 162 g/mol. The molecule has 1 aromatic carbocycles. The number of aryl methyl sites for hydroxylation is 2. The lowest BCUT2D eigenvalue weighted by atomic mass is 10.0. The predicted molar refractivity (Wildman–Crippen MR) is 51.4 cm³/mol. The molecule has 2 nitrogen and oxygen atoms in total. The molecule has 66 valence electrons. The summed E-state index contributed by atoms with van der Waals surface area (Å²) in [6, 6.07) is 6.30. The lowest BCUT2D eigenvalue weighted by Gasteiger charge is -2.02. The monoisotopic (exact) mass is 173 g/mol.